The van der Waals surface area contributed by atoms with Gasteiger partial charge in [-0.25, -0.2) is 0 Å². The van der Waals surface area contributed by atoms with Gasteiger partial charge in [0.1, 0.15) is 6.23 Å². The summed E-state index contributed by atoms with van der Waals surface area (Å²) in [6, 6.07) is 0. The molecule has 2 atom stereocenters. The standard InChI is InChI=1S/C5H10BNO/c6-3-4-1-2-5(7)8-4/h4-5H,1-3,7H2. The Morgan fingerprint density at radius 2 is 2.38 bits per heavy atom. The Morgan fingerprint density at radius 1 is 1.62 bits per heavy atom. The first-order chi connectivity index (χ1) is 3.83. The maximum absolute atomic E-state index is 5.42. The molecule has 0 saturated carbocycles. The van der Waals surface area contributed by atoms with Gasteiger partial charge in [-0.05, 0) is 12.8 Å². The Labute approximate surface area is 50.8 Å². The van der Waals surface area contributed by atoms with E-state index in [4.69, 9.17) is 18.3 Å². The van der Waals surface area contributed by atoms with E-state index in [-0.39, 0.29) is 12.3 Å². The molecule has 1 rings (SSSR count). The lowest BCUT2D eigenvalue weighted by atomic mass is 9.98. The minimum atomic E-state index is -0.0523. The molecule has 0 aromatic carbocycles. The number of hydrogen-bond acceptors (Lipinski definition) is 2. The quantitative estimate of drug-likeness (QED) is 0.484. The van der Waals surface area contributed by atoms with Gasteiger partial charge in [-0.15, -0.1) is 0 Å². The first kappa shape index (κ1) is 6.11. The van der Waals surface area contributed by atoms with Crippen molar-refractivity contribution in [1.82, 2.24) is 0 Å². The van der Waals surface area contributed by atoms with Crippen molar-refractivity contribution in [3.63, 3.8) is 0 Å². The van der Waals surface area contributed by atoms with E-state index < -0.39 is 0 Å². The lowest BCUT2D eigenvalue weighted by Gasteiger charge is -2.05. The van der Waals surface area contributed by atoms with Crippen LogP contribution >= 0.6 is 0 Å². The molecule has 2 radical (unpaired) electrons. The van der Waals surface area contributed by atoms with Gasteiger partial charge in [0, 0.05) is 0 Å². The van der Waals surface area contributed by atoms with Crippen LogP contribution in [0, 0.1) is 0 Å². The number of nitrogens with two attached hydrogens (primary N) is 1. The van der Waals surface area contributed by atoms with E-state index in [1.165, 1.54) is 0 Å². The summed E-state index contributed by atoms with van der Waals surface area (Å²) in [5, 5.41) is 0. The van der Waals surface area contributed by atoms with Crippen molar-refractivity contribution < 1.29 is 4.74 Å². The van der Waals surface area contributed by atoms with Gasteiger partial charge in [0.25, 0.3) is 0 Å². The molecular formula is C5H10BNO. The molecule has 0 aromatic heterocycles. The van der Waals surface area contributed by atoms with Crippen LogP contribution in [0.15, 0.2) is 0 Å². The fourth-order valence-electron chi connectivity index (χ4n) is 0.907. The van der Waals surface area contributed by atoms with Gasteiger partial charge < -0.3 is 10.5 Å². The van der Waals surface area contributed by atoms with Crippen molar-refractivity contribution >= 4 is 7.85 Å². The third kappa shape index (κ3) is 1.23. The zero-order valence-corrected chi connectivity index (χ0v) is 4.84. The highest BCUT2D eigenvalue weighted by atomic mass is 16.5. The molecule has 0 spiro atoms. The average Bonchev–Trinajstić information content (AvgIpc) is 2.14. The number of rotatable bonds is 1. The van der Waals surface area contributed by atoms with Crippen LogP contribution in [0.2, 0.25) is 6.32 Å². The Balaban J connectivity index is 2.22. The van der Waals surface area contributed by atoms with E-state index in [2.05, 4.69) is 0 Å². The smallest absolute Gasteiger partial charge is 0.106 e. The van der Waals surface area contributed by atoms with Gasteiger partial charge in [-0.2, -0.15) is 0 Å². The molecule has 1 aliphatic rings. The topological polar surface area (TPSA) is 35.2 Å². The van der Waals surface area contributed by atoms with Crippen molar-refractivity contribution in [3.05, 3.63) is 0 Å². The lowest BCUT2D eigenvalue weighted by Crippen LogP contribution is -2.19. The zero-order valence-electron chi connectivity index (χ0n) is 4.84. The van der Waals surface area contributed by atoms with Gasteiger partial charge >= 0.3 is 0 Å². The summed E-state index contributed by atoms with van der Waals surface area (Å²) in [6.07, 6.45) is 2.77. The summed E-state index contributed by atoms with van der Waals surface area (Å²) in [5.41, 5.74) is 5.42. The maximum Gasteiger partial charge on any atom is 0.106 e. The second kappa shape index (κ2) is 2.51. The molecule has 0 aromatic rings. The second-order valence-electron chi connectivity index (χ2n) is 2.11. The fourth-order valence-corrected chi connectivity index (χ4v) is 0.907. The summed E-state index contributed by atoms with van der Waals surface area (Å²) in [6.45, 7) is 0. The average molecular weight is 111 g/mol. The summed E-state index contributed by atoms with van der Waals surface area (Å²) in [5.74, 6) is 0. The SMILES string of the molecule is [B]CC1CCC(N)O1. The molecule has 1 fully saturated rings. The van der Waals surface area contributed by atoms with Gasteiger partial charge in [0.15, 0.2) is 0 Å². The minimum absolute atomic E-state index is 0.0523. The molecule has 8 heavy (non-hydrogen) atoms. The van der Waals surface area contributed by atoms with Crippen molar-refractivity contribution in [1.29, 1.82) is 0 Å². The molecule has 2 N–H and O–H groups in total. The van der Waals surface area contributed by atoms with Crippen LogP contribution in [0.3, 0.4) is 0 Å². The van der Waals surface area contributed by atoms with Gasteiger partial charge in [0.05, 0.1) is 14.0 Å². The van der Waals surface area contributed by atoms with Crippen LogP contribution in [-0.4, -0.2) is 20.2 Å². The second-order valence-corrected chi connectivity index (χ2v) is 2.11. The minimum Gasteiger partial charge on any atom is -0.361 e. The maximum atomic E-state index is 5.42. The molecular weight excluding hydrogens is 101 g/mol. The van der Waals surface area contributed by atoms with Crippen LogP contribution in [0.4, 0.5) is 0 Å². The van der Waals surface area contributed by atoms with E-state index >= 15 is 0 Å². The fraction of sp³-hybridized carbons (Fsp3) is 1.00. The molecule has 0 amide bonds. The molecule has 44 valence electrons. The molecule has 1 aliphatic heterocycles. The first-order valence-electron chi connectivity index (χ1n) is 2.94. The summed E-state index contributed by atoms with van der Waals surface area (Å²) >= 11 is 0. The molecule has 2 nitrogen and oxygen atoms in total. The Hall–Kier alpha value is -0.0151. The normalized spacial score (nSPS) is 38.1. The van der Waals surface area contributed by atoms with E-state index in [9.17, 15) is 0 Å². The van der Waals surface area contributed by atoms with Crippen molar-refractivity contribution in [2.24, 2.45) is 5.73 Å². The van der Waals surface area contributed by atoms with Gasteiger partial charge in [-0.3, -0.25) is 0 Å². The van der Waals surface area contributed by atoms with E-state index in [0.29, 0.717) is 6.32 Å². The first-order valence-corrected chi connectivity index (χ1v) is 2.94. The van der Waals surface area contributed by atoms with Crippen LogP contribution < -0.4 is 5.73 Å². The molecule has 1 heterocycles. The van der Waals surface area contributed by atoms with Gasteiger partial charge in [0.2, 0.25) is 0 Å². The zero-order chi connectivity index (χ0) is 5.98. The van der Waals surface area contributed by atoms with Crippen LogP contribution in [0.5, 0.6) is 0 Å². The largest absolute Gasteiger partial charge is 0.361 e. The van der Waals surface area contributed by atoms with Crippen LogP contribution in [-0.2, 0) is 4.74 Å². The van der Waals surface area contributed by atoms with E-state index in [0.717, 1.165) is 12.8 Å². The van der Waals surface area contributed by atoms with Crippen LogP contribution in [0.1, 0.15) is 12.8 Å². The molecule has 0 bridgehead atoms. The van der Waals surface area contributed by atoms with Gasteiger partial charge in [-0.1, -0.05) is 6.32 Å². The van der Waals surface area contributed by atoms with Crippen LogP contribution in [0.25, 0.3) is 0 Å². The Bertz CT molecular complexity index is 78.8. The predicted octanol–water partition coefficient (Wildman–Crippen LogP) is 0.0370. The third-order valence-corrected chi connectivity index (χ3v) is 1.40. The number of hydrogen-bond donors (Lipinski definition) is 1. The van der Waals surface area contributed by atoms with E-state index in [1.54, 1.807) is 0 Å². The molecule has 1 saturated heterocycles. The third-order valence-electron chi connectivity index (χ3n) is 1.40. The van der Waals surface area contributed by atoms with Crippen molar-refractivity contribution in [2.75, 3.05) is 0 Å². The highest BCUT2D eigenvalue weighted by molar-refractivity contribution is 6.08. The Morgan fingerprint density at radius 3 is 2.62 bits per heavy atom. The lowest BCUT2D eigenvalue weighted by molar-refractivity contribution is 0.0604. The van der Waals surface area contributed by atoms with Crippen molar-refractivity contribution in [2.45, 2.75) is 31.5 Å². The summed E-state index contributed by atoms with van der Waals surface area (Å²) in [4.78, 5) is 0. The number of ether oxygens (including phenoxy) is 1. The van der Waals surface area contributed by atoms with E-state index in [1.807, 2.05) is 0 Å². The molecule has 3 heteroatoms. The predicted molar refractivity (Wildman–Crippen MR) is 32.6 cm³/mol. The monoisotopic (exact) mass is 111 g/mol. The van der Waals surface area contributed by atoms with Crippen molar-refractivity contribution in [3.8, 4) is 0 Å². The molecule has 0 aliphatic carbocycles. The Kier molecular flexibility index (Phi) is 1.92. The highest BCUT2D eigenvalue weighted by Gasteiger charge is 2.19. The summed E-state index contributed by atoms with van der Waals surface area (Å²) < 4.78 is 5.16. The highest BCUT2D eigenvalue weighted by Crippen LogP contribution is 2.17. The summed E-state index contributed by atoms with van der Waals surface area (Å²) in [7, 11) is 5.32. The molecule has 2 unspecified atom stereocenters.